The average Bonchev–Trinajstić information content (AvgIpc) is 3.26. The zero-order valence-electron chi connectivity index (χ0n) is 18.1. The maximum Gasteiger partial charge on any atom is 0.339 e. The lowest BCUT2D eigenvalue weighted by Gasteiger charge is -2.18. The SMILES string of the molecule is CN(C)S(=O)(=O)c1cccc(C(=O)O[C@@H](C(=O)c2c[nH]c3ccccc23)c2ccccc2)c1. The number of hydrogen-bond donors (Lipinski definition) is 1. The summed E-state index contributed by atoms with van der Waals surface area (Å²) in [6.07, 6.45) is 0.396. The van der Waals surface area contributed by atoms with Crippen LogP contribution in [0.5, 0.6) is 0 Å². The Balaban J connectivity index is 1.70. The number of sulfonamides is 1. The fourth-order valence-electron chi connectivity index (χ4n) is 3.49. The second kappa shape index (κ2) is 9.01. The molecule has 1 heterocycles. The molecule has 0 aliphatic rings. The van der Waals surface area contributed by atoms with E-state index in [4.69, 9.17) is 4.74 Å². The van der Waals surface area contributed by atoms with Gasteiger partial charge in [-0.2, -0.15) is 0 Å². The van der Waals surface area contributed by atoms with Gasteiger partial charge in [0.2, 0.25) is 15.8 Å². The van der Waals surface area contributed by atoms with Gasteiger partial charge in [-0.3, -0.25) is 4.79 Å². The molecule has 1 aromatic heterocycles. The first-order valence-corrected chi connectivity index (χ1v) is 11.6. The number of para-hydroxylation sites is 1. The van der Waals surface area contributed by atoms with E-state index in [1.165, 1.54) is 38.4 Å². The molecule has 0 fully saturated rings. The van der Waals surface area contributed by atoms with Crippen molar-refractivity contribution >= 4 is 32.7 Å². The summed E-state index contributed by atoms with van der Waals surface area (Å²) in [6, 6.07) is 21.6. The van der Waals surface area contributed by atoms with E-state index in [1.54, 1.807) is 36.5 Å². The normalized spacial score (nSPS) is 12.6. The molecule has 0 spiro atoms. The number of H-pyrrole nitrogens is 1. The molecule has 0 amide bonds. The fourth-order valence-corrected chi connectivity index (χ4v) is 4.43. The molecule has 7 nitrogen and oxygen atoms in total. The number of benzene rings is 3. The number of fused-ring (bicyclic) bond motifs is 1. The Bertz CT molecular complexity index is 1430. The maximum atomic E-state index is 13.5. The number of ether oxygens (including phenoxy) is 1. The maximum absolute atomic E-state index is 13.5. The molecule has 1 N–H and O–H groups in total. The van der Waals surface area contributed by atoms with E-state index in [-0.39, 0.29) is 16.2 Å². The summed E-state index contributed by atoms with van der Waals surface area (Å²) in [5.41, 5.74) is 1.74. The zero-order chi connectivity index (χ0) is 23.6. The van der Waals surface area contributed by atoms with E-state index in [2.05, 4.69) is 4.98 Å². The highest BCUT2D eigenvalue weighted by molar-refractivity contribution is 7.89. The molecule has 0 saturated heterocycles. The van der Waals surface area contributed by atoms with Crippen molar-refractivity contribution in [1.82, 2.24) is 9.29 Å². The number of aromatic nitrogens is 1. The second-order valence-corrected chi connectivity index (χ2v) is 9.78. The topological polar surface area (TPSA) is 96.5 Å². The van der Waals surface area contributed by atoms with Crippen molar-refractivity contribution in [3.05, 3.63) is 102 Å². The third-order valence-corrected chi connectivity index (χ3v) is 7.08. The quantitative estimate of drug-likeness (QED) is 0.328. The van der Waals surface area contributed by atoms with Crippen molar-refractivity contribution in [1.29, 1.82) is 0 Å². The molecule has 1 atom stereocenters. The van der Waals surface area contributed by atoms with E-state index in [0.717, 1.165) is 15.2 Å². The van der Waals surface area contributed by atoms with Gasteiger partial charge < -0.3 is 9.72 Å². The van der Waals surface area contributed by atoms with Crippen LogP contribution in [0.1, 0.15) is 32.4 Å². The van der Waals surface area contributed by atoms with Crippen LogP contribution in [-0.4, -0.2) is 43.6 Å². The monoisotopic (exact) mass is 462 g/mol. The molecular weight excluding hydrogens is 440 g/mol. The molecule has 0 saturated carbocycles. The van der Waals surface area contributed by atoms with Gasteiger partial charge in [-0.1, -0.05) is 54.6 Å². The van der Waals surface area contributed by atoms with Crippen LogP contribution < -0.4 is 0 Å². The number of esters is 1. The average molecular weight is 463 g/mol. The summed E-state index contributed by atoms with van der Waals surface area (Å²) in [4.78, 5) is 29.5. The number of aromatic amines is 1. The van der Waals surface area contributed by atoms with E-state index < -0.39 is 22.1 Å². The third-order valence-electron chi connectivity index (χ3n) is 5.27. The number of carbonyl (C=O) groups is 2. The smallest absolute Gasteiger partial charge is 0.339 e. The van der Waals surface area contributed by atoms with Gasteiger partial charge in [0, 0.05) is 42.3 Å². The van der Waals surface area contributed by atoms with Gasteiger partial charge in [0.25, 0.3) is 0 Å². The van der Waals surface area contributed by atoms with Gasteiger partial charge in [-0.15, -0.1) is 0 Å². The van der Waals surface area contributed by atoms with E-state index in [1.807, 2.05) is 24.3 Å². The first-order valence-electron chi connectivity index (χ1n) is 10.2. The predicted molar refractivity (Wildman–Crippen MR) is 125 cm³/mol. The molecule has 4 rings (SSSR count). The van der Waals surface area contributed by atoms with Gasteiger partial charge in [-0.25, -0.2) is 17.5 Å². The van der Waals surface area contributed by atoms with E-state index in [9.17, 15) is 18.0 Å². The minimum atomic E-state index is -3.74. The van der Waals surface area contributed by atoms with Crippen molar-refractivity contribution in [3.63, 3.8) is 0 Å². The van der Waals surface area contributed by atoms with Crippen molar-refractivity contribution in [2.45, 2.75) is 11.0 Å². The number of ketones is 1. The van der Waals surface area contributed by atoms with Crippen molar-refractivity contribution in [2.75, 3.05) is 14.1 Å². The highest BCUT2D eigenvalue weighted by Crippen LogP contribution is 2.28. The molecule has 0 unspecified atom stereocenters. The molecule has 0 radical (unpaired) electrons. The van der Waals surface area contributed by atoms with Crippen LogP contribution in [0.2, 0.25) is 0 Å². The molecule has 0 aliphatic heterocycles. The largest absolute Gasteiger partial charge is 0.445 e. The summed E-state index contributed by atoms with van der Waals surface area (Å²) in [7, 11) is -0.918. The van der Waals surface area contributed by atoms with Gasteiger partial charge in [0.1, 0.15) is 0 Å². The van der Waals surface area contributed by atoms with Gasteiger partial charge in [0.05, 0.1) is 10.5 Å². The number of nitrogens with zero attached hydrogens (tertiary/aromatic N) is 1. The van der Waals surface area contributed by atoms with Crippen LogP contribution in [0, 0.1) is 0 Å². The summed E-state index contributed by atoms with van der Waals surface area (Å²) in [6.45, 7) is 0. The Kier molecular flexibility index (Phi) is 6.13. The summed E-state index contributed by atoms with van der Waals surface area (Å²) in [5, 5.41) is 0.721. The van der Waals surface area contributed by atoms with Gasteiger partial charge in [-0.05, 0) is 24.3 Å². The van der Waals surface area contributed by atoms with Crippen LogP contribution in [0.3, 0.4) is 0 Å². The molecule has 33 heavy (non-hydrogen) atoms. The molecular formula is C25H22N2O5S. The number of Topliss-reactive ketones (excluding diaryl/α,β-unsaturated/α-hetero) is 1. The lowest BCUT2D eigenvalue weighted by molar-refractivity contribution is 0.0280. The van der Waals surface area contributed by atoms with Crippen LogP contribution in [0.15, 0.2) is 90.0 Å². The Morgan fingerprint density at radius 2 is 1.61 bits per heavy atom. The van der Waals surface area contributed by atoms with E-state index >= 15 is 0 Å². The minimum absolute atomic E-state index is 0.0329. The summed E-state index contributed by atoms with van der Waals surface area (Å²) in [5.74, 6) is -1.18. The zero-order valence-corrected chi connectivity index (χ0v) is 18.9. The van der Waals surface area contributed by atoms with E-state index in [0.29, 0.717) is 11.1 Å². The molecule has 0 bridgehead atoms. The first kappa shape index (κ1) is 22.4. The molecule has 168 valence electrons. The number of carbonyl (C=O) groups excluding carboxylic acids is 2. The number of nitrogens with one attached hydrogen (secondary N) is 1. The second-order valence-electron chi connectivity index (χ2n) is 7.62. The molecule has 0 aliphatic carbocycles. The Hall–Kier alpha value is -3.75. The Morgan fingerprint density at radius 3 is 2.33 bits per heavy atom. The van der Waals surface area contributed by atoms with Crippen molar-refractivity contribution < 1.29 is 22.7 Å². The standard InChI is InChI=1S/C25H22N2O5S/c1-27(2)33(30,31)19-12-8-11-18(15-19)25(29)32-24(17-9-4-3-5-10-17)23(28)21-16-26-22-14-7-6-13-20(21)22/h3-16,24,26H,1-2H3/t24-/m1/s1. The highest BCUT2D eigenvalue weighted by Gasteiger charge is 2.29. The van der Waals surface area contributed by atoms with Crippen LogP contribution >= 0.6 is 0 Å². The fraction of sp³-hybridized carbons (Fsp3) is 0.120. The van der Waals surface area contributed by atoms with Crippen LogP contribution in [0.4, 0.5) is 0 Å². The minimum Gasteiger partial charge on any atom is -0.445 e. The molecule has 8 heteroatoms. The Labute approximate surface area is 191 Å². The highest BCUT2D eigenvalue weighted by atomic mass is 32.2. The molecule has 4 aromatic rings. The third kappa shape index (κ3) is 4.44. The Morgan fingerprint density at radius 1 is 0.909 bits per heavy atom. The lowest BCUT2D eigenvalue weighted by Crippen LogP contribution is -2.23. The lowest BCUT2D eigenvalue weighted by atomic mass is 9.99. The number of hydrogen-bond acceptors (Lipinski definition) is 5. The van der Waals surface area contributed by atoms with Crippen molar-refractivity contribution in [2.24, 2.45) is 0 Å². The van der Waals surface area contributed by atoms with Crippen LogP contribution in [-0.2, 0) is 14.8 Å². The van der Waals surface area contributed by atoms with Gasteiger partial charge >= 0.3 is 5.97 Å². The van der Waals surface area contributed by atoms with Crippen LogP contribution in [0.25, 0.3) is 10.9 Å². The number of rotatable bonds is 7. The summed E-state index contributed by atoms with van der Waals surface area (Å²) < 4.78 is 31.6. The predicted octanol–water partition coefficient (Wildman–Crippen LogP) is 4.20. The summed E-state index contributed by atoms with van der Waals surface area (Å²) >= 11 is 0. The molecule has 3 aromatic carbocycles. The van der Waals surface area contributed by atoms with Crippen molar-refractivity contribution in [3.8, 4) is 0 Å². The van der Waals surface area contributed by atoms with Gasteiger partial charge in [0.15, 0.2) is 6.10 Å². The first-order chi connectivity index (χ1) is 15.8.